The molecule has 316 valence electrons. The highest BCUT2D eigenvalue weighted by molar-refractivity contribution is 7.91. The van der Waals surface area contributed by atoms with Crippen molar-refractivity contribution in [2.45, 2.75) is 133 Å². The van der Waals surface area contributed by atoms with E-state index in [4.69, 9.17) is 24.9 Å². The van der Waals surface area contributed by atoms with Crippen molar-refractivity contribution in [1.29, 1.82) is 0 Å². The Morgan fingerprint density at radius 1 is 1.09 bits per heavy atom. The van der Waals surface area contributed by atoms with Gasteiger partial charge in [-0.1, -0.05) is 25.0 Å². The first kappa shape index (κ1) is 41.5. The van der Waals surface area contributed by atoms with Gasteiger partial charge in [0.15, 0.2) is 0 Å². The number of nitrogens with zero attached hydrogens (tertiary/aromatic N) is 3. The fourth-order valence-electron chi connectivity index (χ4n) is 8.31. The van der Waals surface area contributed by atoms with Gasteiger partial charge in [-0.05, 0) is 85.3 Å². The van der Waals surface area contributed by atoms with Crippen molar-refractivity contribution < 1.29 is 41.8 Å². The maximum atomic E-state index is 14.7. The van der Waals surface area contributed by atoms with E-state index in [0.29, 0.717) is 73.5 Å². The van der Waals surface area contributed by atoms with Gasteiger partial charge in [0.1, 0.15) is 35.2 Å². The molecule has 1 aromatic carbocycles. The molecule has 1 aromatic heterocycles. The summed E-state index contributed by atoms with van der Waals surface area (Å²) in [6.45, 7) is 9.77. The fraction of sp³-hybridized carbons (Fsp3) is 0.634. The predicted molar refractivity (Wildman–Crippen MR) is 216 cm³/mol. The molecule has 0 bridgehead atoms. The van der Waals surface area contributed by atoms with Gasteiger partial charge in [0.25, 0.3) is 5.91 Å². The highest BCUT2D eigenvalue weighted by Gasteiger charge is 2.63. The van der Waals surface area contributed by atoms with Gasteiger partial charge in [-0.15, -0.1) is 0 Å². The number of carbonyl (C=O) groups is 4. The molecule has 1 unspecified atom stereocenters. The van der Waals surface area contributed by atoms with Gasteiger partial charge >= 0.3 is 6.03 Å². The highest BCUT2D eigenvalue weighted by atomic mass is 32.2. The molecule has 4 heterocycles. The minimum atomic E-state index is -4.00. The number of hydrogen-bond acceptors (Lipinski definition) is 11. The predicted octanol–water partition coefficient (Wildman–Crippen LogP) is 3.19. The van der Waals surface area contributed by atoms with Crippen LogP contribution in [0.5, 0.6) is 17.4 Å². The topological polar surface area (TPSA) is 212 Å². The summed E-state index contributed by atoms with van der Waals surface area (Å²) in [4.78, 5) is 64.4. The first-order valence-electron chi connectivity index (χ1n) is 20.4. The highest BCUT2D eigenvalue weighted by Crippen LogP contribution is 2.48. The van der Waals surface area contributed by atoms with Crippen LogP contribution in [-0.4, -0.2) is 114 Å². The third-order valence-corrected chi connectivity index (χ3v) is 14.3. The zero-order chi connectivity index (χ0) is 41.8. The molecule has 5 N–H and O–H groups in total. The standard InChI is InChI=1S/C41H57N7O9S/c1-24(2)56-33-19-32(28-14-15-31(55-6)25(3)34(28)44-33)57-27-18-30-35(49)45-41(37(51)46-58(53,54)40(5)16-17-40)20-26(41)12-10-8-7-9-11-13-29(36(50)48(30)21-27)43-38(52)47-22-39(4,42)23-47/h10,12,14-15,19,24,26-27,29-30H,7-9,11,13,16-18,20-23,42H2,1-6H3,(H,43,52)(H,45,49)(H,46,51)/b12-10-/t26?,27-,29+,30+,41-/m1/s1. The van der Waals surface area contributed by atoms with Gasteiger partial charge in [-0.3, -0.25) is 19.1 Å². The van der Waals surface area contributed by atoms with Crippen LogP contribution in [0.25, 0.3) is 10.9 Å². The Kier molecular flexibility index (Phi) is 11.1. The zero-order valence-corrected chi connectivity index (χ0v) is 35.1. The average Bonchev–Trinajstić information content (AvgIpc) is 4.02. The second-order valence-electron chi connectivity index (χ2n) is 17.6. The van der Waals surface area contributed by atoms with Gasteiger partial charge in [0.2, 0.25) is 27.7 Å². The number of ether oxygens (including phenoxy) is 3. The number of allylic oxidation sites excluding steroid dienone is 1. The van der Waals surface area contributed by atoms with Crippen LogP contribution >= 0.6 is 0 Å². The number of amides is 5. The molecular formula is C41H57N7O9S. The largest absolute Gasteiger partial charge is 0.496 e. The van der Waals surface area contributed by atoms with Crippen molar-refractivity contribution in [3.63, 3.8) is 0 Å². The van der Waals surface area contributed by atoms with Gasteiger partial charge in [0, 0.05) is 48.0 Å². The van der Waals surface area contributed by atoms with Crippen LogP contribution < -0.4 is 35.3 Å². The zero-order valence-electron chi connectivity index (χ0n) is 34.3. The summed E-state index contributed by atoms with van der Waals surface area (Å²) in [5.41, 5.74) is 5.52. The van der Waals surface area contributed by atoms with Crippen LogP contribution in [0.1, 0.15) is 91.0 Å². The number of aryl methyl sites for hydroxylation is 1. The molecule has 58 heavy (non-hydrogen) atoms. The lowest BCUT2D eigenvalue weighted by atomic mass is 9.94. The Hall–Kier alpha value is -4.64. The van der Waals surface area contributed by atoms with E-state index in [1.165, 1.54) is 4.90 Å². The van der Waals surface area contributed by atoms with Crippen LogP contribution in [0.3, 0.4) is 0 Å². The van der Waals surface area contributed by atoms with Crippen molar-refractivity contribution in [1.82, 2.24) is 30.1 Å². The second-order valence-corrected chi connectivity index (χ2v) is 19.8. The van der Waals surface area contributed by atoms with Gasteiger partial charge < -0.3 is 40.4 Å². The average molecular weight is 824 g/mol. The molecule has 4 fully saturated rings. The number of aromatic nitrogens is 1. The molecule has 5 atom stereocenters. The first-order valence-corrected chi connectivity index (χ1v) is 21.9. The maximum Gasteiger partial charge on any atom is 0.318 e. The second kappa shape index (κ2) is 15.5. The van der Waals surface area contributed by atoms with E-state index in [1.54, 1.807) is 25.0 Å². The number of benzene rings is 1. The summed E-state index contributed by atoms with van der Waals surface area (Å²) in [7, 11) is -2.42. The van der Waals surface area contributed by atoms with Crippen molar-refractivity contribution in [3.8, 4) is 17.4 Å². The molecule has 17 heteroatoms. The quantitative estimate of drug-likeness (QED) is 0.270. The lowest BCUT2D eigenvalue weighted by Gasteiger charge is -2.45. The number of nitrogens with one attached hydrogen (secondary N) is 3. The third kappa shape index (κ3) is 8.29. The minimum Gasteiger partial charge on any atom is -0.496 e. The van der Waals surface area contributed by atoms with E-state index >= 15 is 0 Å². The van der Waals surface area contributed by atoms with Crippen LogP contribution in [0.2, 0.25) is 0 Å². The molecule has 2 saturated heterocycles. The summed E-state index contributed by atoms with van der Waals surface area (Å²) in [5, 5.41) is 6.53. The molecular weight excluding hydrogens is 767 g/mol. The van der Waals surface area contributed by atoms with Crippen LogP contribution in [0.4, 0.5) is 4.79 Å². The number of rotatable bonds is 9. The fourth-order valence-corrected chi connectivity index (χ4v) is 9.63. The molecule has 5 aliphatic rings. The number of fused-ring (bicyclic) bond motifs is 3. The summed E-state index contributed by atoms with van der Waals surface area (Å²) in [5.74, 6) is -0.922. The van der Waals surface area contributed by atoms with E-state index < -0.39 is 73.7 Å². The Balaban J connectivity index is 1.22. The molecule has 2 aliphatic carbocycles. The SMILES string of the molecule is COc1ccc2c(O[C@@H]3C[C@H]4C(=O)N[C@]5(C(=O)NS(=O)(=O)C6(C)CC6)CC5/C=C\CCCCC[C@H](NC(=O)N5CC(C)(N)C5)C(=O)N4C3)cc(OC(C)C)nc2c1C. The van der Waals surface area contributed by atoms with Crippen molar-refractivity contribution in [2.24, 2.45) is 11.7 Å². The molecule has 7 rings (SSSR count). The monoisotopic (exact) mass is 823 g/mol. The Morgan fingerprint density at radius 2 is 1.83 bits per heavy atom. The summed E-state index contributed by atoms with van der Waals surface area (Å²) in [6.07, 6.45) is 7.29. The van der Waals surface area contributed by atoms with Crippen molar-refractivity contribution >= 4 is 44.7 Å². The van der Waals surface area contributed by atoms with E-state index in [-0.39, 0.29) is 25.5 Å². The van der Waals surface area contributed by atoms with Crippen molar-refractivity contribution in [3.05, 3.63) is 35.9 Å². The molecule has 16 nitrogen and oxygen atoms in total. The van der Waals surface area contributed by atoms with Crippen molar-refractivity contribution in [2.75, 3.05) is 26.7 Å². The van der Waals surface area contributed by atoms with Gasteiger partial charge in [-0.25, -0.2) is 18.2 Å². The maximum absolute atomic E-state index is 14.7. The van der Waals surface area contributed by atoms with E-state index in [0.717, 1.165) is 18.4 Å². The number of nitrogens with two attached hydrogens (primary N) is 1. The molecule has 2 aromatic rings. The number of likely N-dealkylation sites (tertiary alicyclic amines) is 1. The number of methoxy groups -OCH3 is 1. The lowest BCUT2D eigenvalue weighted by molar-refractivity contribution is -0.141. The molecule has 0 radical (unpaired) electrons. The van der Waals surface area contributed by atoms with Crippen LogP contribution in [0, 0.1) is 12.8 Å². The first-order chi connectivity index (χ1) is 27.3. The number of pyridine rings is 1. The molecule has 5 amide bonds. The number of carbonyl (C=O) groups excluding carboxylic acids is 4. The third-order valence-electron chi connectivity index (χ3n) is 12.2. The molecule has 3 aliphatic heterocycles. The molecule has 2 saturated carbocycles. The van der Waals surface area contributed by atoms with Gasteiger partial charge in [-0.2, -0.15) is 0 Å². The summed E-state index contributed by atoms with van der Waals surface area (Å²) in [6, 6.07) is 2.86. The normalized spacial score (nSPS) is 28.5. The van der Waals surface area contributed by atoms with Crippen LogP contribution in [0.15, 0.2) is 30.4 Å². The lowest BCUT2D eigenvalue weighted by Crippen LogP contribution is -2.69. The Labute approximate surface area is 340 Å². The summed E-state index contributed by atoms with van der Waals surface area (Å²) < 4.78 is 45.9. The minimum absolute atomic E-state index is 0.0114. The smallest absolute Gasteiger partial charge is 0.318 e. The number of urea groups is 1. The van der Waals surface area contributed by atoms with Crippen LogP contribution in [-0.2, 0) is 24.4 Å². The number of sulfonamides is 1. The van der Waals surface area contributed by atoms with E-state index in [9.17, 15) is 27.6 Å². The Bertz CT molecular complexity index is 2110. The molecule has 0 spiro atoms. The van der Waals surface area contributed by atoms with E-state index in [1.807, 2.05) is 52.0 Å². The summed E-state index contributed by atoms with van der Waals surface area (Å²) >= 11 is 0. The Morgan fingerprint density at radius 3 is 2.50 bits per heavy atom. The van der Waals surface area contributed by atoms with E-state index in [2.05, 4.69) is 15.4 Å². The van der Waals surface area contributed by atoms with Gasteiger partial charge in [0.05, 0.1) is 30.0 Å². The number of hydrogen-bond donors (Lipinski definition) is 4.